The van der Waals surface area contributed by atoms with E-state index in [9.17, 15) is 4.79 Å². The number of benzene rings is 2. The fourth-order valence-electron chi connectivity index (χ4n) is 2.29. The number of urea groups is 1. The topological polar surface area (TPSA) is 59.6 Å². The molecule has 0 heterocycles. The second-order valence-corrected chi connectivity index (χ2v) is 5.28. The van der Waals surface area contributed by atoms with Crippen LogP contribution in [0.15, 0.2) is 48.5 Å². The molecule has 2 N–H and O–H groups in total. The van der Waals surface area contributed by atoms with Crippen LogP contribution in [0.5, 0.6) is 11.5 Å². The quantitative estimate of drug-likeness (QED) is 0.793. The average molecular weight is 328 g/mol. The van der Waals surface area contributed by atoms with Crippen LogP contribution in [0.3, 0.4) is 0 Å². The Morgan fingerprint density at radius 1 is 1.00 bits per heavy atom. The Morgan fingerprint density at radius 2 is 1.67 bits per heavy atom. The second kappa shape index (κ2) is 8.82. The minimum atomic E-state index is -0.256. The third kappa shape index (κ3) is 5.19. The number of ether oxygens (including phenoxy) is 2. The molecule has 0 aromatic heterocycles. The Kier molecular flexibility index (Phi) is 6.49. The first kappa shape index (κ1) is 17.7. The van der Waals surface area contributed by atoms with E-state index in [1.54, 1.807) is 0 Å². The van der Waals surface area contributed by atoms with Gasteiger partial charge in [0.2, 0.25) is 0 Å². The number of carbonyl (C=O) groups is 1. The molecule has 2 rings (SSSR count). The van der Waals surface area contributed by atoms with Crippen molar-refractivity contribution in [2.24, 2.45) is 0 Å². The van der Waals surface area contributed by atoms with Crippen molar-refractivity contribution in [2.75, 3.05) is 18.5 Å². The molecule has 1 atom stereocenters. The molecule has 128 valence electrons. The van der Waals surface area contributed by atoms with Gasteiger partial charge in [0.25, 0.3) is 0 Å². The minimum Gasteiger partial charge on any atom is -0.494 e. The molecule has 0 saturated carbocycles. The van der Waals surface area contributed by atoms with Crippen LogP contribution in [0, 0.1) is 0 Å². The highest BCUT2D eigenvalue weighted by molar-refractivity contribution is 5.89. The Bertz CT molecular complexity index is 656. The maximum Gasteiger partial charge on any atom is 0.319 e. The van der Waals surface area contributed by atoms with Gasteiger partial charge in [0.1, 0.15) is 11.5 Å². The maximum atomic E-state index is 12.1. The molecule has 2 aromatic rings. The Balaban J connectivity index is 1.92. The van der Waals surface area contributed by atoms with Gasteiger partial charge in [0.15, 0.2) is 0 Å². The zero-order valence-electron chi connectivity index (χ0n) is 14.3. The third-order valence-corrected chi connectivity index (χ3v) is 3.44. The summed E-state index contributed by atoms with van der Waals surface area (Å²) in [5.41, 5.74) is 1.70. The fourth-order valence-corrected chi connectivity index (χ4v) is 2.29. The summed E-state index contributed by atoms with van der Waals surface area (Å²) < 4.78 is 10.9. The highest BCUT2D eigenvalue weighted by Crippen LogP contribution is 2.20. The number of amides is 2. The van der Waals surface area contributed by atoms with Crippen LogP contribution in [0.25, 0.3) is 0 Å². The largest absolute Gasteiger partial charge is 0.494 e. The van der Waals surface area contributed by atoms with Crippen molar-refractivity contribution in [3.63, 3.8) is 0 Å². The Hall–Kier alpha value is -2.69. The summed E-state index contributed by atoms with van der Waals surface area (Å²) in [6, 6.07) is 14.6. The Morgan fingerprint density at radius 3 is 2.33 bits per heavy atom. The van der Waals surface area contributed by atoms with E-state index < -0.39 is 0 Å². The molecular weight excluding hydrogens is 304 g/mol. The van der Waals surface area contributed by atoms with Gasteiger partial charge < -0.3 is 20.1 Å². The number of nitrogens with one attached hydrogen (secondary N) is 2. The van der Waals surface area contributed by atoms with E-state index in [1.807, 2.05) is 69.3 Å². The van der Waals surface area contributed by atoms with Crippen molar-refractivity contribution >= 4 is 11.7 Å². The van der Waals surface area contributed by atoms with Gasteiger partial charge in [-0.15, -0.1) is 0 Å². The van der Waals surface area contributed by atoms with Crippen LogP contribution in [-0.2, 0) is 0 Å². The molecule has 2 aromatic carbocycles. The minimum absolute atomic E-state index is 0.131. The molecule has 2 amide bonds. The van der Waals surface area contributed by atoms with Gasteiger partial charge in [-0.25, -0.2) is 4.79 Å². The number of rotatable bonds is 7. The number of carbonyl (C=O) groups excluding carboxylic acids is 1. The molecule has 0 spiro atoms. The highest BCUT2D eigenvalue weighted by Gasteiger charge is 2.10. The molecule has 0 fully saturated rings. The SMILES string of the molecule is CCOc1ccc(NC(=O)NC(C)c2cccc(OCC)c2)cc1. The lowest BCUT2D eigenvalue weighted by atomic mass is 10.1. The zero-order chi connectivity index (χ0) is 17.4. The predicted octanol–water partition coefficient (Wildman–Crippen LogP) is 4.37. The summed E-state index contributed by atoms with van der Waals surface area (Å²) in [5.74, 6) is 1.58. The monoisotopic (exact) mass is 328 g/mol. The first-order valence-electron chi connectivity index (χ1n) is 8.15. The molecule has 5 heteroatoms. The van der Waals surface area contributed by atoms with Crippen LogP contribution in [-0.4, -0.2) is 19.2 Å². The van der Waals surface area contributed by atoms with Crippen molar-refractivity contribution < 1.29 is 14.3 Å². The molecular formula is C19H24N2O3. The van der Waals surface area contributed by atoms with Crippen molar-refractivity contribution in [2.45, 2.75) is 26.8 Å². The van der Waals surface area contributed by atoms with E-state index >= 15 is 0 Å². The molecule has 0 aliphatic rings. The summed E-state index contributed by atoms with van der Waals surface area (Å²) in [5, 5.41) is 5.73. The summed E-state index contributed by atoms with van der Waals surface area (Å²) in [4.78, 5) is 12.1. The Labute approximate surface area is 143 Å². The first-order valence-corrected chi connectivity index (χ1v) is 8.15. The van der Waals surface area contributed by atoms with E-state index in [-0.39, 0.29) is 12.1 Å². The van der Waals surface area contributed by atoms with Crippen LogP contribution in [0.1, 0.15) is 32.4 Å². The summed E-state index contributed by atoms with van der Waals surface area (Å²) in [7, 11) is 0. The van der Waals surface area contributed by atoms with Crippen LogP contribution in [0.4, 0.5) is 10.5 Å². The van der Waals surface area contributed by atoms with Gasteiger partial charge in [-0.1, -0.05) is 12.1 Å². The van der Waals surface area contributed by atoms with Crippen molar-refractivity contribution in [1.29, 1.82) is 0 Å². The molecule has 1 unspecified atom stereocenters. The molecule has 0 aliphatic heterocycles. The molecule has 5 nitrogen and oxygen atoms in total. The fraction of sp³-hybridized carbons (Fsp3) is 0.316. The van der Waals surface area contributed by atoms with E-state index in [0.717, 1.165) is 17.1 Å². The van der Waals surface area contributed by atoms with E-state index in [1.165, 1.54) is 0 Å². The van der Waals surface area contributed by atoms with E-state index in [4.69, 9.17) is 9.47 Å². The lowest BCUT2D eigenvalue weighted by Crippen LogP contribution is -2.31. The molecule has 0 bridgehead atoms. The standard InChI is InChI=1S/C19H24N2O3/c1-4-23-17-11-9-16(10-12-17)21-19(22)20-14(3)15-7-6-8-18(13-15)24-5-2/h6-14H,4-5H2,1-3H3,(H2,20,21,22). The zero-order valence-corrected chi connectivity index (χ0v) is 14.3. The molecule has 0 saturated heterocycles. The summed E-state index contributed by atoms with van der Waals surface area (Å²) in [6.07, 6.45) is 0. The van der Waals surface area contributed by atoms with Crippen molar-refractivity contribution in [3.05, 3.63) is 54.1 Å². The van der Waals surface area contributed by atoms with Crippen LogP contribution in [0.2, 0.25) is 0 Å². The van der Waals surface area contributed by atoms with Gasteiger partial charge in [-0.05, 0) is 62.7 Å². The molecule has 0 radical (unpaired) electrons. The van der Waals surface area contributed by atoms with Gasteiger partial charge in [-0.2, -0.15) is 0 Å². The van der Waals surface area contributed by atoms with Crippen molar-refractivity contribution in [1.82, 2.24) is 5.32 Å². The maximum absolute atomic E-state index is 12.1. The van der Waals surface area contributed by atoms with E-state index in [2.05, 4.69) is 10.6 Å². The third-order valence-electron chi connectivity index (χ3n) is 3.44. The average Bonchev–Trinajstić information content (AvgIpc) is 2.57. The van der Waals surface area contributed by atoms with Gasteiger partial charge in [0.05, 0.1) is 19.3 Å². The number of hydrogen-bond donors (Lipinski definition) is 2. The second-order valence-electron chi connectivity index (χ2n) is 5.28. The highest BCUT2D eigenvalue weighted by atomic mass is 16.5. The van der Waals surface area contributed by atoms with Crippen LogP contribution < -0.4 is 20.1 Å². The van der Waals surface area contributed by atoms with Gasteiger partial charge in [0, 0.05) is 5.69 Å². The predicted molar refractivity (Wildman–Crippen MR) is 95.8 cm³/mol. The summed E-state index contributed by atoms with van der Waals surface area (Å²) >= 11 is 0. The lowest BCUT2D eigenvalue weighted by Gasteiger charge is -2.16. The van der Waals surface area contributed by atoms with Gasteiger partial charge in [-0.3, -0.25) is 0 Å². The number of anilines is 1. The lowest BCUT2D eigenvalue weighted by molar-refractivity contribution is 0.249. The van der Waals surface area contributed by atoms with E-state index in [0.29, 0.717) is 18.9 Å². The van der Waals surface area contributed by atoms with Crippen molar-refractivity contribution in [3.8, 4) is 11.5 Å². The van der Waals surface area contributed by atoms with Crippen LogP contribution >= 0.6 is 0 Å². The smallest absolute Gasteiger partial charge is 0.319 e. The molecule has 24 heavy (non-hydrogen) atoms. The number of hydrogen-bond acceptors (Lipinski definition) is 3. The van der Waals surface area contributed by atoms with Gasteiger partial charge >= 0.3 is 6.03 Å². The first-order chi connectivity index (χ1) is 11.6. The normalized spacial score (nSPS) is 11.5. The summed E-state index contributed by atoms with van der Waals surface area (Å²) in [6.45, 7) is 7.04. The molecule has 0 aliphatic carbocycles.